The van der Waals surface area contributed by atoms with Crippen LogP contribution in [0.1, 0.15) is 50.8 Å². The van der Waals surface area contributed by atoms with E-state index in [0.29, 0.717) is 6.04 Å². The predicted molar refractivity (Wildman–Crippen MR) is 105 cm³/mol. The Hall–Kier alpha value is -2.01. The molecule has 134 valence electrons. The predicted octanol–water partition coefficient (Wildman–Crippen LogP) is 5.38. The summed E-state index contributed by atoms with van der Waals surface area (Å²) in [5.74, 6) is 1.73. The molecule has 1 aromatic heterocycles. The van der Waals surface area contributed by atoms with Gasteiger partial charge in [-0.2, -0.15) is 0 Å². The number of para-hydroxylation sites is 2. The number of anilines is 1. The van der Waals surface area contributed by atoms with Crippen LogP contribution in [0.25, 0.3) is 0 Å². The maximum atomic E-state index is 5.81. The summed E-state index contributed by atoms with van der Waals surface area (Å²) in [4.78, 5) is 2.31. The normalized spacial score (nSPS) is 16.2. The van der Waals surface area contributed by atoms with Crippen molar-refractivity contribution in [1.82, 2.24) is 4.90 Å². The van der Waals surface area contributed by atoms with Gasteiger partial charge in [0, 0.05) is 6.04 Å². The van der Waals surface area contributed by atoms with E-state index in [-0.39, 0.29) is 6.04 Å². The average molecular weight is 359 g/mol. The van der Waals surface area contributed by atoms with Crippen molar-refractivity contribution < 1.29 is 9.15 Å². The number of methoxy groups -OCH3 is 1. The molecule has 1 atom stereocenters. The number of benzene rings is 1. The monoisotopic (exact) mass is 358 g/mol. The standard InChI is InChI=1S/C20H26N2O2S/c1-15(18-13-8-14-24-18)22(16-9-4-3-5-10-16)20(25)21-17-11-6-7-12-19(17)23-2/h6-8,11-16H,3-5,9-10H2,1-2H3,(H,21,25)/t15-/m0/s1. The van der Waals surface area contributed by atoms with E-state index in [4.69, 9.17) is 21.4 Å². The topological polar surface area (TPSA) is 37.6 Å². The van der Waals surface area contributed by atoms with Crippen molar-refractivity contribution >= 4 is 23.0 Å². The molecule has 0 saturated heterocycles. The van der Waals surface area contributed by atoms with E-state index in [0.717, 1.165) is 22.3 Å². The summed E-state index contributed by atoms with van der Waals surface area (Å²) in [7, 11) is 1.67. The van der Waals surface area contributed by atoms with Crippen molar-refractivity contribution in [2.45, 2.75) is 51.1 Å². The average Bonchev–Trinajstić information content (AvgIpc) is 3.18. The minimum absolute atomic E-state index is 0.0906. The van der Waals surface area contributed by atoms with Crippen molar-refractivity contribution in [3.63, 3.8) is 0 Å². The number of furan rings is 1. The lowest BCUT2D eigenvalue weighted by atomic mass is 9.93. The highest BCUT2D eigenvalue weighted by Crippen LogP contribution is 2.32. The Labute approximate surface area is 155 Å². The van der Waals surface area contributed by atoms with Crippen LogP contribution in [-0.4, -0.2) is 23.2 Å². The molecular formula is C20H26N2O2S. The maximum Gasteiger partial charge on any atom is 0.174 e. The molecule has 1 heterocycles. The molecule has 25 heavy (non-hydrogen) atoms. The number of nitrogens with one attached hydrogen (secondary N) is 1. The summed E-state index contributed by atoms with van der Waals surface area (Å²) in [6.45, 7) is 2.16. The molecule has 0 amide bonds. The zero-order chi connectivity index (χ0) is 17.6. The highest BCUT2D eigenvalue weighted by atomic mass is 32.1. The summed E-state index contributed by atoms with van der Waals surface area (Å²) in [6, 6.07) is 12.3. The van der Waals surface area contributed by atoms with Crippen LogP contribution in [0.3, 0.4) is 0 Å². The fraction of sp³-hybridized carbons (Fsp3) is 0.450. The molecule has 1 fully saturated rings. The molecule has 0 radical (unpaired) electrons. The van der Waals surface area contributed by atoms with Crippen LogP contribution >= 0.6 is 12.2 Å². The summed E-state index contributed by atoms with van der Waals surface area (Å²) in [5.41, 5.74) is 0.891. The van der Waals surface area contributed by atoms with E-state index in [1.165, 1.54) is 32.1 Å². The van der Waals surface area contributed by atoms with Gasteiger partial charge in [0.25, 0.3) is 0 Å². The minimum Gasteiger partial charge on any atom is -0.495 e. The van der Waals surface area contributed by atoms with Gasteiger partial charge in [-0.1, -0.05) is 31.4 Å². The molecule has 3 rings (SSSR count). The summed E-state index contributed by atoms with van der Waals surface area (Å²) >= 11 is 5.81. The zero-order valence-corrected chi connectivity index (χ0v) is 15.7. The molecule has 1 aliphatic rings. The fourth-order valence-corrected chi connectivity index (χ4v) is 4.03. The Morgan fingerprint density at radius 3 is 2.64 bits per heavy atom. The van der Waals surface area contributed by atoms with Gasteiger partial charge in [-0.15, -0.1) is 0 Å². The van der Waals surface area contributed by atoms with Gasteiger partial charge in [-0.05, 0) is 56.2 Å². The highest BCUT2D eigenvalue weighted by Gasteiger charge is 2.29. The number of hydrogen-bond acceptors (Lipinski definition) is 3. The summed E-state index contributed by atoms with van der Waals surface area (Å²) in [6.07, 6.45) is 7.87. The molecule has 1 saturated carbocycles. The van der Waals surface area contributed by atoms with Gasteiger partial charge in [0.15, 0.2) is 5.11 Å². The fourth-order valence-electron chi connectivity index (χ4n) is 3.61. The molecule has 1 N–H and O–H groups in total. The minimum atomic E-state index is 0.0906. The third-order valence-corrected chi connectivity index (χ3v) is 5.24. The molecule has 0 spiro atoms. The van der Waals surface area contributed by atoms with Crippen molar-refractivity contribution in [2.24, 2.45) is 0 Å². The van der Waals surface area contributed by atoms with Gasteiger partial charge >= 0.3 is 0 Å². The van der Waals surface area contributed by atoms with Crippen LogP contribution in [0.4, 0.5) is 5.69 Å². The number of thiocarbonyl (C=S) groups is 1. The second-order valence-corrected chi connectivity index (χ2v) is 6.91. The van der Waals surface area contributed by atoms with E-state index in [2.05, 4.69) is 17.1 Å². The molecule has 2 aromatic rings. The third kappa shape index (κ3) is 4.15. The Morgan fingerprint density at radius 1 is 1.20 bits per heavy atom. The first-order valence-electron chi connectivity index (χ1n) is 8.96. The SMILES string of the molecule is COc1ccccc1NC(=S)N(C1CCCCC1)[C@@H](C)c1ccco1. The van der Waals surface area contributed by atoms with Gasteiger partial charge in [-0.3, -0.25) is 0 Å². The van der Waals surface area contributed by atoms with Crippen molar-refractivity contribution in [2.75, 3.05) is 12.4 Å². The molecule has 4 nitrogen and oxygen atoms in total. The van der Waals surface area contributed by atoms with Gasteiger partial charge in [-0.25, -0.2) is 0 Å². The lowest BCUT2D eigenvalue weighted by Crippen LogP contribution is -2.45. The summed E-state index contributed by atoms with van der Waals surface area (Å²) in [5, 5.41) is 4.11. The quantitative estimate of drug-likeness (QED) is 0.726. The third-order valence-electron chi connectivity index (χ3n) is 4.92. The number of nitrogens with zero attached hydrogens (tertiary/aromatic N) is 1. The number of rotatable bonds is 5. The van der Waals surface area contributed by atoms with Crippen LogP contribution in [0.15, 0.2) is 47.1 Å². The lowest BCUT2D eigenvalue weighted by molar-refractivity contribution is 0.186. The number of hydrogen-bond donors (Lipinski definition) is 1. The molecule has 1 aromatic carbocycles. The molecular weight excluding hydrogens is 332 g/mol. The van der Waals surface area contributed by atoms with E-state index in [1.807, 2.05) is 36.4 Å². The van der Waals surface area contributed by atoms with Gasteiger partial charge in [0.05, 0.1) is 25.1 Å². The van der Waals surface area contributed by atoms with Gasteiger partial charge in [0.1, 0.15) is 11.5 Å². The van der Waals surface area contributed by atoms with E-state index in [1.54, 1.807) is 13.4 Å². The molecule has 0 aliphatic heterocycles. The Kier molecular flexibility index (Phi) is 5.97. The Morgan fingerprint density at radius 2 is 1.96 bits per heavy atom. The van der Waals surface area contributed by atoms with Crippen molar-refractivity contribution in [3.8, 4) is 5.75 Å². The van der Waals surface area contributed by atoms with Crippen LogP contribution in [0.5, 0.6) is 5.75 Å². The summed E-state index contributed by atoms with van der Waals surface area (Å²) < 4.78 is 11.1. The molecule has 0 bridgehead atoms. The van der Waals surface area contributed by atoms with E-state index in [9.17, 15) is 0 Å². The Balaban J connectivity index is 1.83. The molecule has 5 heteroatoms. The highest BCUT2D eigenvalue weighted by molar-refractivity contribution is 7.80. The number of ether oxygens (including phenoxy) is 1. The first kappa shape index (κ1) is 17.8. The van der Waals surface area contributed by atoms with Gasteiger partial charge in [0.2, 0.25) is 0 Å². The lowest BCUT2D eigenvalue weighted by Gasteiger charge is -2.39. The van der Waals surface area contributed by atoms with Crippen LogP contribution in [-0.2, 0) is 0 Å². The van der Waals surface area contributed by atoms with Crippen LogP contribution < -0.4 is 10.1 Å². The van der Waals surface area contributed by atoms with Crippen LogP contribution in [0.2, 0.25) is 0 Å². The van der Waals surface area contributed by atoms with Gasteiger partial charge < -0.3 is 19.4 Å². The second-order valence-electron chi connectivity index (χ2n) is 6.52. The molecule has 0 unspecified atom stereocenters. The van der Waals surface area contributed by atoms with E-state index < -0.39 is 0 Å². The second kappa shape index (κ2) is 8.39. The maximum absolute atomic E-state index is 5.81. The first-order chi connectivity index (χ1) is 12.2. The Bertz CT molecular complexity index is 681. The largest absolute Gasteiger partial charge is 0.495 e. The molecule has 1 aliphatic carbocycles. The smallest absolute Gasteiger partial charge is 0.174 e. The van der Waals surface area contributed by atoms with Crippen molar-refractivity contribution in [3.05, 3.63) is 48.4 Å². The van der Waals surface area contributed by atoms with E-state index >= 15 is 0 Å². The van der Waals surface area contributed by atoms with Crippen LogP contribution in [0, 0.1) is 0 Å². The first-order valence-corrected chi connectivity index (χ1v) is 9.37. The zero-order valence-electron chi connectivity index (χ0n) is 14.9. The van der Waals surface area contributed by atoms with Crippen molar-refractivity contribution in [1.29, 1.82) is 0 Å².